The third kappa shape index (κ3) is 4.12. The van der Waals surface area contributed by atoms with Gasteiger partial charge in [-0.05, 0) is 31.4 Å². The lowest BCUT2D eigenvalue weighted by Crippen LogP contribution is -2.34. The molecule has 6 nitrogen and oxygen atoms in total. The van der Waals surface area contributed by atoms with Gasteiger partial charge in [-0.1, -0.05) is 11.6 Å². The highest BCUT2D eigenvalue weighted by atomic mass is 35.5. The molecule has 1 aromatic rings. The van der Waals surface area contributed by atoms with Crippen molar-refractivity contribution in [1.82, 2.24) is 15.6 Å². The zero-order valence-corrected chi connectivity index (χ0v) is 10.6. The van der Waals surface area contributed by atoms with Crippen LogP contribution in [0.25, 0.3) is 0 Å². The molecule has 0 saturated carbocycles. The number of nitrogens with one attached hydrogen (secondary N) is 2. The van der Waals surface area contributed by atoms with Crippen LogP contribution in [0, 0.1) is 0 Å². The summed E-state index contributed by atoms with van der Waals surface area (Å²) in [4.78, 5) is 11.6. The summed E-state index contributed by atoms with van der Waals surface area (Å²) in [5.74, 6) is 0.316. The Kier molecular flexibility index (Phi) is 4.72. The van der Waals surface area contributed by atoms with E-state index < -0.39 is 0 Å². The number of anilines is 1. The van der Waals surface area contributed by atoms with E-state index in [1.807, 2.05) is 0 Å². The first kappa shape index (κ1) is 13.0. The molecule has 0 aliphatic carbocycles. The molecule has 0 bridgehead atoms. The highest BCUT2D eigenvalue weighted by molar-refractivity contribution is 6.29. The van der Waals surface area contributed by atoms with Crippen LogP contribution in [0.3, 0.4) is 0 Å². The van der Waals surface area contributed by atoms with Crippen LogP contribution in [-0.2, 0) is 9.53 Å². The molecule has 1 atom stereocenters. The van der Waals surface area contributed by atoms with Crippen molar-refractivity contribution in [1.29, 1.82) is 0 Å². The molecule has 0 radical (unpaired) electrons. The van der Waals surface area contributed by atoms with Crippen LogP contribution in [-0.4, -0.2) is 28.8 Å². The maximum atomic E-state index is 11.6. The number of nitrogens with zero attached hydrogens (tertiary/aromatic N) is 2. The van der Waals surface area contributed by atoms with E-state index in [1.54, 1.807) is 12.1 Å². The van der Waals surface area contributed by atoms with Crippen LogP contribution in [0.4, 0.5) is 5.82 Å². The first-order valence-corrected chi connectivity index (χ1v) is 6.27. The van der Waals surface area contributed by atoms with Gasteiger partial charge < -0.3 is 4.74 Å². The van der Waals surface area contributed by atoms with E-state index in [-0.39, 0.29) is 12.0 Å². The van der Waals surface area contributed by atoms with Crippen LogP contribution >= 0.6 is 11.6 Å². The molecule has 1 aliphatic heterocycles. The number of aromatic nitrogens is 2. The second-order valence-electron chi connectivity index (χ2n) is 4.11. The largest absolute Gasteiger partial charge is 0.378 e. The smallest absolute Gasteiger partial charge is 0.240 e. The minimum atomic E-state index is -0.126. The van der Waals surface area contributed by atoms with Crippen molar-refractivity contribution >= 4 is 23.3 Å². The average Bonchev–Trinajstić information content (AvgIpc) is 2.39. The lowest BCUT2D eigenvalue weighted by molar-refractivity contribution is -0.124. The van der Waals surface area contributed by atoms with Crippen molar-refractivity contribution in [3.63, 3.8) is 0 Å². The maximum absolute atomic E-state index is 11.6. The summed E-state index contributed by atoms with van der Waals surface area (Å²) in [5.41, 5.74) is 5.23. The number of carbonyl (C=O) groups excluding carboxylic acids is 1. The van der Waals surface area contributed by atoms with E-state index in [4.69, 9.17) is 16.3 Å². The van der Waals surface area contributed by atoms with E-state index in [1.165, 1.54) is 0 Å². The first-order chi connectivity index (χ1) is 8.74. The Labute approximate surface area is 110 Å². The van der Waals surface area contributed by atoms with E-state index >= 15 is 0 Å². The summed E-state index contributed by atoms with van der Waals surface area (Å²) < 4.78 is 5.48. The molecular weight excluding hydrogens is 256 g/mol. The fourth-order valence-electron chi connectivity index (χ4n) is 1.74. The first-order valence-electron chi connectivity index (χ1n) is 5.90. The second-order valence-corrected chi connectivity index (χ2v) is 4.49. The molecule has 2 rings (SSSR count). The number of hydrogen-bond donors (Lipinski definition) is 2. The van der Waals surface area contributed by atoms with E-state index in [2.05, 4.69) is 21.0 Å². The average molecular weight is 271 g/mol. The van der Waals surface area contributed by atoms with Crippen molar-refractivity contribution in [2.45, 2.75) is 31.8 Å². The van der Waals surface area contributed by atoms with Crippen molar-refractivity contribution in [3.05, 3.63) is 17.3 Å². The van der Waals surface area contributed by atoms with Crippen LogP contribution in [0.5, 0.6) is 0 Å². The monoisotopic (exact) mass is 270 g/mol. The van der Waals surface area contributed by atoms with Crippen molar-refractivity contribution < 1.29 is 9.53 Å². The van der Waals surface area contributed by atoms with E-state index in [0.717, 1.165) is 25.9 Å². The number of halogens is 1. The number of rotatable bonds is 4. The Morgan fingerprint density at radius 1 is 1.44 bits per heavy atom. The molecule has 1 saturated heterocycles. The fourth-order valence-corrected chi connectivity index (χ4v) is 1.84. The summed E-state index contributed by atoms with van der Waals surface area (Å²) in [7, 11) is 0. The molecule has 1 amide bonds. The van der Waals surface area contributed by atoms with Crippen molar-refractivity contribution in [2.24, 2.45) is 0 Å². The molecule has 18 heavy (non-hydrogen) atoms. The molecule has 7 heteroatoms. The van der Waals surface area contributed by atoms with E-state index in [0.29, 0.717) is 17.4 Å². The van der Waals surface area contributed by atoms with Gasteiger partial charge in [0.25, 0.3) is 0 Å². The number of amides is 1. The van der Waals surface area contributed by atoms with E-state index in [9.17, 15) is 4.79 Å². The number of hydrazine groups is 1. The molecule has 2 N–H and O–H groups in total. The van der Waals surface area contributed by atoms with Crippen LogP contribution in [0.15, 0.2) is 12.1 Å². The van der Waals surface area contributed by atoms with Gasteiger partial charge in [0.2, 0.25) is 5.91 Å². The lowest BCUT2D eigenvalue weighted by Gasteiger charge is -2.21. The summed E-state index contributed by atoms with van der Waals surface area (Å²) in [5, 5.41) is 7.72. The Bertz CT molecular complexity index is 393. The van der Waals surface area contributed by atoms with Gasteiger partial charge in [-0.3, -0.25) is 15.6 Å². The topological polar surface area (TPSA) is 76.1 Å². The quantitative estimate of drug-likeness (QED) is 0.812. The highest BCUT2D eigenvalue weighted by Gasteiger charge is 2.17. The molecule has 98 valence electrons. The summed E-state index contributed by atoms with van der Waals surface area (Å²) in [6, 6.07) is 3.22. The minimum Gasteiger partial charge on any atom is -0.378 e. The SMILES string of the molecule is O=C(CC1CCCCO1)NNc1ccc(Cl)nn1. The predicted octanol–water partition coefficient (Wildman–Crippen LogP) is 1.53. The Hall–Kier alpha value is -1.40. The van der Waals surface area contributed by atoms with Crippen molar-refractivity contribution in [2.75, 3.05) is 12.0 Å². The van der Waals surface area contributed by atoms with Crippen LogP contribution < -0.4 is 10.9 Å². The lowest BCUT2D eigenvalue weighted by atomic mass is 10.1. The van der Waals surface area contributed by atoms with Crippen LogP contribution in [0.2, 0.25) is 5.15 Å². The van der Waals surface area contributed by atoms with Gasteiger partial charge in [0.1, 0.15) is 0 Å². The second kappa shape index (κ2) is 6.51. The molecule has 1 aromatic heterocycles. The predicted molar refractivity (Wildman–Crippen MR) is 67.0 cm³/mol. The zero-order chi connectivity index (χ0) is 12.8. The van der Waals surface area contributed by atoms with Gasteiger partial charge in [-0.25, -0.2) is 0 Å². The Morgan fingerprint density at radius 2 is 2.33 bits per heavy atom. The van der Waals surface area contributed by atoms with Gasteiger partial charge in [0, 0.05) is 6.61 Å². The normalized spacial score (nSPS) is 19.3. The number of carbonyl (C=O) groups is 1. The molecular formula is C11H15ClN4O2. The molecule has 1 fully saturated rings. The molecule has 2 heterocycles. The Balaban J connectivity index is 1.72. The van der Waals surface area contributed by atoms with Gasteiger partial charge >= 0.3 is 0 Å². The standard InChI is InChI=1S/C11H15ClN4O2/c12-9-4-5-10(14-13-9)15-16-11(17)7-8-3-1-2-6-18-8/h4-5,8H,1-3,6-7H2,(H,14,15)(H,16,17). The molecule has 1 unspecified atom stereocenters. The highest BCUT2D eigenvalue weighted by Crippen LogP contribution is 2.15. The summed E-state index contributed by atoms with van der Waals surface area (Å²) in [6.07, 6.45) is 3.52. The Morgan fingerprint density at radius 3 is 3.00 bits per heavy atom. The number of hydrogen-bond acceptors (Lipinski definition) is 5. The maximum Gasteiger partial charge on any atom is 0.240 e. The summed E-state index contributed by atoms with van der Waals surface area (Å²) >= 11 is 5.60. The van der Waals surface area contributed by atoms with Gasteiger partial charge in [-0.15, -0.1) is 10.2 Å². The van der Waals surface area contributed by atoms with Crippen molar-refractivity contribution in [3.8, 4) is 0 Å². The molecule has 0 aromatic carbocycles. The minimum absolute atomic E-state index is 0.0249. The van der Waals surface area contributed by atoms with Crippen LogP contribution in [0.1, 0.15) is 25.7 Å². The fraction of sp³-hybridized carbons (Fsp3) is 0.545. The number of ether oxygens (including phenoxy) is 1. The zero-order valence-electron chi connectivity index (χ0n) is 9.86. The summed E-state index contributed by atoms with van der Waals surface area (Å²) in [6.45, 7) is 0.744. The molecule has 0 spiro atoms. The third-order valence-corrected chi connectivity index (χ3v) is 2.85. The van der Waals surface area contributed by atoms with Gasteiger partial charge in [0.15, 0.2) is 11.0 Å². The van der Waals surface area contributed by atoms with Gasteiger partial charge in [-0.2, -0.15) is 0 Å². The third-order valence-electron chi connectivity index (χ3n) is 2.65. The molecule has 1 aliphatic rings. The van der Waals surface area contributed by atoms with Gasteiger partial charge in [0.05, 0.1) is 12.5 Å².